The van der Waals surface area contributed by atoms with Gasteiger partial charge in [-0.05, 0) is 20.8 Å². The van der Waals surface area contributed by atoms with Gasteiger partial charge in [0.25, 0.3) is 0 Å². The van der Waals surface area contributed by atoms with Crippen molar-refractivity contribution >= 4 is 12.6 Å². The predicted molar refractivity (Wildman–Crippen MR) is 47.0 cm³/mol. The molecule has 0 amide bonds. The van der Waals surface area contributed by atoms with Crippen molar-refractivity contribution in [2.75, 3.05) is 0 Å². The Balaban J connectivity index is 2.92. The van der Waals surface area contributed by atoms with Crippen LogP contribution in [0.5, 0.6) is 0 Å². The Bertz CT molecular complexity index is 265. The van der Waals surface area contributed by atoms with Gasteiger partial charge in [0.05, 0.1) is 5.54 Å². The van der Waals surface area contributed by atoms with Gasteiger partial charge in [-0.15, -0.1) is 0 Å². The number of hydrogen-bond donors (Lipinski definition) is 2. The number of rotatable bonds is 1. The van der Waals surface area contributed by atoms with Gasteiger partial charge in [-0.2, -0.15) is 5.10 Å². The Hall–Kier alpha value is -0.805. The lowest BCUT2D eigenvalue weighted by Crippen LogP contribution is -2.29. The summed E-state index contributed by atoms with van der Waals surface area (Å²) in [6.07, 6.45) is 3.08. The van der Waals surface area contributed by atoms with Crippen LogP contribution >= 0.6 is 0 Å². The van der Waals surface area contributed by atoms with Crippen LogP contribution in [0.3, 0.4) is 0 Å². The van der Waals surface area contributed by atoms with Crippen LogP contribution in [0.2, 0.25) is 0 Å². The molecule has 5 heteroatoms. The normalized spacial score (nSPS) is 11.8. The van der Waals surface area contributed by atoms with Crippen molar-refractivity contribution in [1.82, 2.24) is 9.78 Å². The average Bonchev–Trinajstić information content (AvgIpc) is 2.30. The topological polar surface area (TPSA) is 58.3 Å². The maximum atomic E-state index is 8.80. The second-order valence-corrected chi connectivity index (χ2v) is 3.76. The fraction of sp³-hybridized carbons (Fsp3) is 0.571. The Morgan fingerprint density at radius 3 is 2.25 bits per heavy atom. The molecule has 12 heavy (non-hydrogen) atoms. The highest BCUT2D eigenvalue weighted by Gasteiger charge is 2.18. The first kappa shape index (κ1) is 9.28. The Morgan fingerprint density at radius 2 is 2.00 bits per heavy atom. The number of aromatic nitrogens is 2. The molecule has 0 unspecified atom stereocenters. The molecule has 4 nitrogen and oxygen atoms in total. The van der Waals surface area contributed by atoms with E-state index in [4.69, 9.17) is 10.0 Å². The van der Waals surface area contributed by atoms with E-state index in [9.17, 15) is 0 Å². The van der Waals surface area contributed by atoms with E-state index < -0.39 is 7.12 Å². The molecule has 1 aromatic heterocycles. The molecular formula is C7H13BN2O2. The lowest BCUT2D eigenvalue weighted by molar-refractivity contribution is 0.355. The van der Waals surface area contributed by atoms with Crippen molar-refractivity contribution in [2.24, 2.45) is 0 Å². The third-order valence-corrected chi connectivity index (χ3v) is 1.59. The van der Waals surface area contributed by atoms with Gasteiger partial charge in [-0.1, -0.05) is 0 Å². The molecule has 0 bridgehead atoms. The molecule has 0 radical (unpaired) electrons. The molecule has 0 saturated heterocycles. The smallest absolute Gasteiger partial charge is 0.423 e. The van der Waals surface area contributed by atoms with Crippen LogP contribution in [0, 0.1) is 0 Å². The van der Waals surface area contributed by atoms with E-state index in [-0.39, 0.29) is 5.54 Å². The van der Waals surface area contributed by atoms with Crippen molar-refractivity contribution in [2.45, 2.75) is 26.3 Å². The third-order valence-electron chi connectivity index (χ3n) is 1.59. The molecule has 0 fully saturated rings. The second-order valence-electron chi connectivity index (χ2n) is 3.76. The van der Waals surface area contributed by atoms with E-state index >= 15 is 0 Å². The molecule has 1 rings (SSSR count). The zero-order chi connectivity index (χ0) is 9.35. The SMILES string of the molecule is CC(C)(C)n1cc(B(O)O)cn1. The first-order valence-corrected chi connectivity index (χ1v) is 3.82. The minimum absolute atomic E-state index is 0.118. The highest BCUT2D eigenvalue weighted by molar-refractivity contribution is 6.58. The Morgan fingerprint density at radius 1 is 1.42 bits per heavy atom. The Labute approximate surface area is 72.0 Å². The van der Waals surface area contributed by atoms with Crippen LogP contribution in [0.1, 0.15) is 20.8 Å². The highest BCUT2D eigenvalue weighted by Crippen LogP contribution is 2.09. The summed E-state index contributed by atoms with van der Waals surface area (Å²) in [7, 11) is -1.43. The van der Waals surface area contributed by atoms with Gasteiger partial charge in [0.15, 0.2) is 0 Å². The summed E-state index contributed by atoms with van der Waals surface area (Å²) >= 11 is 0. The van der Waals surface area contributed by atoms with Gasteiger partial charge in [-0.3, -0.25) is 4.68 Å². The van der Waals surface area contributed by atoms with Gasteiger partial charge < -0.3 is 10.0 Å². The molecule has 0 aliphatic heterocycles. The summed E-state index contributed by atoms with van der Waals surface area (Å²) in [4.78, 5) is 0. The van der Waals surface area contributed by atoms with Crippen molar-refractivity contribution < 1.29 is 10.0 Å². The van der Waals surface area contributed by atoms with Gasteiger partial charge >= 0.3 is 7.12 Å². The van der Waals surface area contributed by atoms with E-state index in [1.54, 1.807) is 10.9 Å². The molecule has 0 spiro atoms. The molecule has 0 aliphatic carbocycles. The van der Waals surface area contributed by atoms with Crippen molar-refractivity contribution in [3.63, 3.8) is 0 Å². The van der Waals surface area contributed by atoms with E-state index in [2.05, 4.69) is 5.10 Å². The highest BCUT2D eigenvalue weighted by atomic mass is 16.4. The molecule has 0 saturated carbocycles. The van der Waals surface area contributed by atoms with Gasteiger partial charge in [-0.25, -0.2) is 0 Å². The Kier molecular flexibility index (Phi) is 2.26. The predicted octanol–water partition coefficient (Wildman–Crippen LogP) is -0.682. The van der Waals surface area contributed by atoms with E-state index in [0.29, 0.717) is 5.46 Å². The zero-order valence-corrected chi connectivity index (χ0v) is 7.52. The van der Waals surface area contributed by atoms with Crippen LogP contribution in [0.4, 0.5) is 0 Å². The third kappa shape index (κ3) is 1.87. The monoisotopic (exact) mass is 168 g/mol. The molecule has 1 aromatic rings. The van der Waals surface area contributed by atoms with Crippen LogP contribution in [0.25, 0.3) is 0 Å². The summed E-state index contributed by atoms with van der Waals surface area (Å²) in [5.41, 5.74) is 0.303. The van der Waals surface area contributed by atoms with Gasteiger partial charge in [0, 0.05) is 17.9 Å². The standard InChI is InChI=1S/C7H13BN2O2/c1-7(2,3)10-5-6(4-9-10)8(11)12/h4-5,11-12H,1-3H3. The molecule has 1 heterocycles. The van der Waals surface area contributed by atoms with Gasteiger partial charge in [0.2, 0.25) is 0 Å². The number of nitrogens with zero attached hydrogens (tertiary/aromatic N) is 2. The minimum Gasteiger partial charge on any atom is -0.423 e. The minimum atomic E-state index is -1.43. The molecule has 66 valence electrons. The summed E-state index contributed by atoms with van der Waals surface area (Å²) in [5.74, 6) is 0. The van der Waals surface area contributed by atoms with Crippen LogP contribution in [-0.4, -0.2) is 26.9 Å². The quantitative estimate of drug-likeness (QED) is 0.546. The zero-order valence-electron chi connectivity index (χ0n) is 7.52. The average molecular weight is 168 g/mol. The van der Waals surface area contributed by atoms with E-state index in [1.807, 2.05) is 20.8 Å². The first-order valence-electron chi connectivity index (χ1n) is 3.82. The molecule has 0 atom stereocenters. The van der Waals surface area contributed by atoms with Gasteiger partial charge in [0.1, 0.15) is 0 Å². The number of hydrogen-bond acceptors (Lipinski definition) is 3. The maximum Gasteiger partial charge on any atom is 0.491 e. The first-order chi connectivity index (χ1) is 5.41. The van der Waals surface area contributed by atoms with Crippen LogP contribution in [0.15, 0.2) is 12.4 Å². The molecule has 2 N–H and O–H groups in total. The summed E-state index contributed by atoms with van der Waals surface area (Å²) in [6, 6.07) is 0. The largest absolute Gasteiger partial charge is 0.491 e. The molecule has 0 aromatic carbocycles. The lowest BCUT2D eigenvalue weighted by Gasteiger charge is -2.18. The summed E-state index contributed by atoms with van der Waals surface area (Å²) < 4.78 is 1.70. The van der Waals surface area contributed by atoms with Crippen LogP contribution < -0.4 is 5.46 Å². The van der Waals surface area contributed by atoms with E-state index in [0.717, 1.165) is 0 Å². The molecule has 0 aliphatic rings. The summed E-state index contributed by atoms with van der Waals surface area (Å²) in [6.45, 7) is 5.98. The van der Waals surface area contributed by atoms with Crippen molar-refractivity contribution in [1.29, 1.82) is 0 Å². The summed E-state index contributed by atoms with van der Waals surface area (Å²) in [5, 5.41) is 21.6. The van der Waals surface area contributed by atoms with E-state index in [1.165, 1.54) is 6.20 Å². The lowest BCUT2D eigenvalue weighted by atomic mass is 9.83. The van der Waals surface area contributed by atoms with Crippen LogP contribution in [-0.2, 0) is 5.54 Å². The van der Waals surface area contributed by atoms with Crippen molar-refractivity contribution in [3.8, 4) is 0 Å². The molecular weight excluding hydrogens is 155 g/mol. The fourth-order valence-corrected chi connectivity index (χ4v) is 0.837. The fourth-order valence-electron chi connectivity index (χ4n) is 0.837. The maximum absolute atomic E-state index is 8.80. The van der Waals surface area contributed by atoms with Crippen molar-refractivity contribution in [3.05, 3.63) is 12.4 Å². The second kappa shape index (κ2) is 2.92.